The Hall–Kier alpha value is -2.30. The van der Waals surface area contributed by atoms with Crippen LogP contribution in [0.4, 0.5) is 0 Å². The van der Waals surface area contributed by atoms with Crippen LogP contribution in [0.1, 0.15) is 28.4 Å². The summed E-state index contributed by atoms with van der Waals surface area (Å²) >= 11 is 0. The molecule has 0 amide bonds. The lowest BCUT2D eigenvalue weighted by molar-refractivity contribution is -0.136. The molecule has 5 heteroatoms. The molecule has 2 rings (SSSR count). The van der Waals surface area contributed by atoms with E-state index < -0.39 is 11.9 Å². The van der Waals surface area contributed by atoms with E-state index in [-0.39, 0.29) is 0 Å². The van der Waals surface area contributed by atoms with Gasteiger partial charge in [0.2, 0.25) is 0 Å². The minimum atomic E-state index is -0.396. The average molecular weight is 276 g/mol. The molecular formula is C15H16O5. The van der Waals surface area contributed by atoms with Crippen LogP contribution >= 0.6 is 0 Å². The number of allylic oxidation sites excluding steroid dienone is 1. The fourth-order valence-corrected chi connectivity index (χ4v) is 2.10. The van der Waals surface area contributed by atoms with Crippen LogP contribution in [0.2, 0.25) is 0 Å². The van der Waals surface area contributed by atoms with Crippen molar-refractivity contribution in [2.75, 3.05) is 14.2 Å². The van der Waals surface area contributed by atoms with Gasteiger partial charge in [-0.05, 0) is 30.2 Å². The van der Waals surface area contributed by atoms with Gasteiger partial charge in [0.25, 0.3) is 0 Å². The molecule has 0 bridgehead atoms. The van der Waals surface area contributed by atoms with Crippen molar-refractivity contribution in [1.29, 1.82) is 0 Å². The first-order chi connectivity index (χ1) is 9.56. The molecule has 0 atom stereocenters. The van der Waals surface area contributed by atoms with Crippen LogP contribution in [0.3, 0.4) is 0 Å². The minimum Gasteiger partial charge on any atom is -0.493 e. The Morgan fingerprint density at radius 2 is 1.80 bits per heavy atom. The lowest BCUT2D eigenvalue weighted by Gasteiger charge is -2.08. The molecule has 0 saturated heterocycles. The molecule has 0 spiro atoms. The zero-order chi connectivity index (χ0) is 14.7. The summed E-state index contributed by atoms with van der Waals surface area (Å²) in [5.41, 5.74) is 2.77. The number of carbonyl (C=O) groups is 2. The van der Waals surface area contributed by atoms with E-state index in [2.05, 4.69) is 0 Å². The summed E-state index contributed by atoms with van der Waals surface area (Å²) in [6, 6.07) is 5.22. The molecule has 0 saturated carbocycles. The van der Waals surface area contributed by atoms with Gasteiger partial charge in [-0.25, -0.2) is 9.59 Å². The summed E-state index contributed by atoms with van der Waals surface area (Å²) in [6.45, 7) is 2.05. The van der Waals surface area contributed by atoms with Crippen LogP contribution in [-0.4, -0.2) is 26.2 Å². The fraction of sp³-hybridized carbons (Fsp3) is 0.333. The van der Waals surface area contributed by atoms with E-state index in [4.69, 9.17) is 14.2 Å². The van der Waals surface area contributed by atoms with Gasteiger partial charge in [0, 0.05) is 6.42 Å². The van der Waals surface area contributed by atoms with Crippen molar-refractivity contribution in [2.45, 2.75) is 20.0 Å². The first-order valence-electron chi connectivity index (χ1n) is 6.17. The Morgan fingerprint density at radius 1 is 1.10 bits per heavy atom. The molecule has 0 radical (unpaired) electrons. The Balaban J connectivity index is 2.36. The van der Waals surface area contributed by atoms with Crippen LogP contribution in [0.25, 0.3) is 0 Å². The van der Waals surface area contributed by atoms with E-state index in [1.165, 1.54) is 14.2 Å². The number of benzene rings is 1. The fourth-order valence-electron chi connectivity index (χ4n) is 2.10. The largest absolute Gasteiger partial charge is 0.493 e. The highest BCUT2D eigenvalue weighted by Gasteiger charge is 2.21. The molecule has 1 heterocycles. The van der Waals surface area contributed by atoms with E-state index in [1.807, 2.05) is 6.07 Å². The summed E-state index contributed by atoms with van der Waals surface area (Å²) in [6.07, 6.45) is 0.426. The zero-order valence-corrected chi connectivity index (χ0v) is 11.7. The zero-order valence-electron chi connectivity index (χ0n) is 11.7. The van der Waals surface area contributed by atoms with Gasteiger partial charge in [0.1, 0.15) is 12.4 Å². The third-order valence-corrected chi connectivity index (χ3v) is 3.30. The number of fused-ring (bicyclic) bond motifs is 1. The molecule has 0 unspecified atom stereocenters. The van der Waals surface area contributed by atoms with Crippen LogP contribution < -0.4 is 0 Å². The Morgan fingerprint density at radius 3 is 2.45 bits per heavy atom. The van der Waals surface area contributed by atoms with Crippen molar-refractivity contribution in [3.8, 4) is 0 Å². The molecule has 1 aromatic rings. The van der Waals surface area contributed by atoms with Crippen molar-refractivity contribution >= 4 is 11.9 Å². The third-order valence-electron chi connectivity index (χ3n) is 3.30. The van der Waals surface area contributed by atoms with E-state index in [0.29, 0.717) is 29.9 Å². The molecule has 1 aliphatic heterocycles. The Bertz CT molecular complexity index is 586. The second-order valence-corrected chi connectivity index (χ2v) is 4.47. The molecule has 20 heavy (non-hydrogen) atoms. The maximum absolute atomic E-state index is 11.7. The lowest BCUT2D eigenvalue weighted by atomic mass is 9.98. The predicted molar refractivity (Wildman–Crippen MR) is 71.0 cm³/mol. The molecule has 1 aliphatic rings. The molecule has 0 aliphatic carbocycles. The van der Waals surface area contributed by atoms with Gasteiger partial charge in [0.15, 0.2) is 0 Å². The Labute approximate surface area is 117 Å². The third kappa shape index (κ3) is 2.66. The molecular weight excluding hydrogens is 260 g/mol. The number of rotatable bonds is 2. The summed E-state index contributed by atoms with van der Waals surface area (Å²) in [7, 11) is 2.68. The molecule has 0 fully saturated rings. The molecule has 1 aromatic carbocycles. The first-order valence-corrected chi connectivity index (χ1v) is 6.17. The van der Waals surface area contributed by atoms with E-state index in [1.54, 1.807) is 19.1 Å². The number of hydrogen-bond acceptors (Lipinski definition) is 5. The molecule has 0 aromatic heterocycles. The van der Waals surface area contributed by atoms with Crippen LogP contribution in [0.5, 0.6) is 0 Å². The highest BCUT2D eigenvalue weighted by molar-refractivity contribution is 5.91. The highest BCUT2D eigenvalue weighted by Crippen LogP contribution is 2.25. The van der Waals surface area contributed by atoms with Gasteiger partial charge >= 0.3 is 11.9 Å². The summed E-state index contributed by atoms with van der Waals surface area (Å²) in [4.78, 5) is 23.2. The lowest BCUT2D eigenvalue weighted by Crippen LogP contribution is -2.09. The van der Waals surface area contributed by atoms with E-state index >= 15 is 0 Å². The number of esters is 2. The van der Waals surface area contributed by atoms with Gasteiger partial charge in [0.05, 0.1) is 25.4 Å². The standard InChI is InChI=1S/C15H16O5/c1-9-13(15(17)19-3)7-10-4-5-11(14(16)18-2)6-12(10)8-20-9/h4-6H,7-8H2,1-3H3. The molecule has 5 nitrogen and oxygen atoms in total. The van der Waals surface area contributed by atoms with Crippen molar-refractivity contribution in [3.05, 3.63) is 46.2 Å². The second-order valence-electron chi connectivity index (χ2n) is 4.47. The summed E-state index contributed by atoms with van der Waals surface area (Å²) in [5.74, 6) is -0.241. The maximum atomic E-state index is 11.7. The van der Waals surface area contributed by atoms with Gasteiger partial charge in [-0.15, -0.1) is 0 Å². The first kappa shape index (κ1) is 14.1. The van der Waals surface area contributed by atoms with Crippen molar-refractivity contribution < 1.29 is 23.8 Å². The summed E-state index contributed by atoms with van der Waals surface area (Å²) < 4.78 is 15.0. The van der Waals surface area contributed by atoms with Crippen molar-refractivity contribution in [2.24, 2.45) is 0 Å². The number of ether oxygens (including phenoxy) is 3. The van der Waals surface area contributed by atoms with Crippen molar-refractivity contribution in [3.63, 3.8) is 0 Å². The second kappa shape index (κ2) is 5.77. The van der Waals surface area contributed by atoms with Crippen LogP contribution in [0.15, 0.2) is 29.5 Å². The normalized spacial score (nSPS) is 13.9. The van der Waals surface area contributed by atoms with Crippen LogP contribution in [0, 0.1) is 0 Å². The smallest absolute Gasteiger partial charge is 0.337 e. The SMILES string of the molecule is COC(=O)C1=C(C)OCc2cc(C(=O)OC)ccc2C1. The number of hydrogen-bond donors (Lipinski definition) is 0. The van der Waals surface area contributed by atoms with Gasteiger partial charge in [-0.1, -0.05) is 6.07 Å². The quantitative estimate of drug-likeness (QED) is 0.773. The maximum Gasteiger partial charge on any atom is 0.337 e. The predicted octanol–water partition coefficient (Wildman–Crippen LogP) is 1.99. The highest BCUT2D eigenvalue weighted by atomic mass is 16.5. The van der Waals surface area contributed by atoms with Crippen LogP contribution in [-0.2, 0) is 32.0 Å². The van der Waals surface area contributed by atoms with E-state index in [0.717, 1.165) is 11.1 Å². The molecule has 106 valence electrons. The number of carbonyl (C=O) groups excluding carboxylic acids is 2. The summed E-state index contributed by atoms with van der Waals surface area (Å²) in [5, 5.41) is 0. The van der Waals surface area contributed by atoms with Gasteiger partial charge in [-0.2, -0.15) is 0 Å². The monoisotopic (exact) mass is 276 g/mol. The van der Waals surface area contributed by atoms with E-state index in [9.17, 15) is 9.59 Å². The van der Waals surface area contributed by atoms with Gasteiger partial charge < -0.3 is 14.2 Å². The Kier molecular flexibility index (Phi) is 4.08. The molecule has 0 N–H and O–H groups in total. The average Bonchev–Trinajstić information content (AvgIpc) is 2.64. The topological polar surface area (TPSA) is 61.8 Å². The number of methoxy groups -OCH3 is 2. The minimum absolute atomic E-state index is 0.312. The van der Waals surface area contributed by atoms with Crippen molar-refractivity contribution in [1.82, 2.24) is 0 Å². The van der Waals surface area contributed by atoms with Gasteiger partial charge in [-0.3, -0.25) is 0 Å².